The Morgan fingerprint density at radius 1 is 0.541 bits per heavy atom. The van der Waals surface area contributed by atoms with Gasteiger partial charge in [-0.05, 0) is 113 Å². The van der Waals surface area contributed by atoms with E-state index in [2.05, 4.69) is 26.6 Å². The van der Waals surface area contributed by atoms with Crippen LogP contribution in [0.3, 0.4) is 0 Å². The van der Waals surface area contributed by atoms with E-state index in [1.165, 1.54) is 54.8 Å². The third-order valence-corrected chi connectivity index (χ3v) is 20.2. The van der Waals surface area contributed by atoms with E-state index in [4.69, 9.17) is 4.74 Å². The highest BCUT2D eigenvalue weighted by Crippen LogP contribution is 2.24. The molecule has 2 aliphatic rings. The fourth-order valence-electron chi connectivity index (χ4n) is 13.5. The van der Waals surface area contributed by atoms with Crippen molar-refractivity contribution in [1.29, 1.82) is 0 Å². The standard InChI is InChI=1S/C79H127N13O16S/c1-21-22-38-92-47-66(95)86(15)60(42-50(4)5)69(96)83-59(48-108-79(12,13)14)74(101)89(18)63(45-55-34-28-24-29-35-55)77(104)90(19)68(53(10)11)72(99)82-58(75(102)91-39-30-25-31-40-91)46-65(94)84-67(52(8)9)78(105)88(17)62(44-54-32-26-23-27-33-54)71(98)80-56(36-37-64(93)85-109(20,106)107)73(100)87(16)61(43-51(6)7)70(97)81-57(76(92)103)41-49(2)3/h23-24,26-29,32-35,49-53,56-63,67-68H,21-22,25,30-31,36-48H2,1-20H3,(H,80,98)(H,81,97)(H,82,99)(H,83,96)(H,84,94)(H,85,93)/t56?,57-,58-,59-,60-,61-,62-,63-,67+,68-/m0/s1. The molecule has 29 nitrogen and oxygen atoms in total. The topological polar surface area (TPSA) is 360 Å². The molecule has 6 N–H and O–H groups in total. The molecule has 0 aromatic heterocycles. The number of ether oxygens (including phenoxy) is 1. The Morgan fingerprint density at radius 2 is 1.02 bits per heavy atom. The molecule has 2 saturated heterocycles. The van der Waals surface area contributed by atoms with Gasteiger partial charge in [0, 0.05) is 74.1 Å². The van der Waals surface area contributed by atoms with Crippen LogP contribution in [0.1, 0.15) is 179 Å². The van der Waals surface area contributed by atoms with E-state index in [-0.39, 0.29) is 56.4 Å². The van der Waals surface area contributed by atoms with E-state index in [0.717, 1.165) is 22.5 Å². The highest BCUT2D eigenvalue weighted by Gasteiger charge is 2.44. The third kappa shape index (κ3) is 29.3. The predicted molar refractivity (Wildman–Crippen MR) is 415 cm³/mol. The Kier molecular flexibility index (Phi) is 36.8. The first-order valence-corrected chi connectivity index (χ1v) is 40.4. The van der Waals surface area contributed by atoms with E-state index in [1.807, 2.05) is 39.3 Å². The SMILES string of the molecule is CCCCN1CC(=O)N(C)[C@@H](CC(C)C)C(=O)N[C@@H](COC(C)(C)C)C(=O)N(C)[C@@H](Cc2ccccc2)C(=O)N(C)[C@@H](C(C)C)C(=O)N[C@H](C(=O)N2CCCCC2)CC(=O)N[C@H](C(C)C)C(=O)N(C)[C@@H](Cc2ccccc2)C(=O)NC(CCC(=O)NS(C)(=O)=O)C(=O)N(C)[C@@H](CC(C)C)C(=O)N[C@@H](CC(C)C)C1=O. The van der Waals surface area contributed by atoms with Crippen LogP contribution in [0.4, 0.5) is 0 Å². The van der Waals surface area contributed by atoms with Crippen molar-refractivity contribution in [2.45, 2.75) is 246 Å². The van der Waals surface area contributed by atoms with Crippen LogP contribution in [-0.4, -0.2) is 260 Å². The zero-order valence-electron chi connectivity index (χ0n) is 68.2. The van der Waals surface area contributed by atoms with Gasteiger partial charge in [-0.1, -0.05) is 143 Å². The van der Waals surface area contributed by atoms with Gasteiger partial charge in [0.1, 0.15) is 60.4 Å². The Balaban J connectivity index is 2.06. The first-order chi connectivity index (χ1) is 50.9. The van der Waals surface area contributed by atoms with Gasteiger partial charge in [-0.2, -0.15) is 0 Å². The van der Waals surface area contributed by atoms with E-state index in [1.54, 1.807) is 128 Å². The molecular weight excluding hydrogens is 1420 g/mol. The van der Waals surface area contributed by atoms with Gasteiger partial charge in [0.2, 0.25) is 86.8 Å². The summed E-state index contributed by atoms with van der Waals surface area (Å²) < 4.78 is 32.8. The maximum absolute atomic E-state index is 15.6. The van der Waals surface area contributed by atoms with Crippen LogP contribution in [0.2, 0.25) is 0 Å². The van der Waals surface area contributed by atoms with Crippen molar-refractivity contribution in [1.82, 2.24) is 65.6 Å². The number of piperidine rings is 1. The highest BCUT2D eigenvalue weighted by atomic mass is 32.2. The lowest BCUT2D eigenvalue weighted by molar-refractivity contribution is -0.152. The first-order valence-electron chi connectivity index (χ1n) is 38.5. The maximum Gasteiger partial charge on any atom is 0.247 e. The van der Waals surface area contributed by atoms with Gasteiger partial charge < -0.3 is 65.6 Å². The fourth-order valence-corrected chi connectivity index (χ4v) is 14.0. The van der Waals surface area contributed by atoms with Crippen LogP contribution >= 0.6 is 0 Å². The van der Waals surface area contributed by atoms with Crippen molar-refractivity contribution in [3.63, 3.8) is 0 Å². The second kappa shape index (κ2) is 43.2. The summed E-state index contributed by atoms with van der Waals surface area (Å²) in [6, 6.07) is 3.06. The minimum atomic E-state index is -4.12. The maximum atomic E-state index is 15.6. The van der Waals surface area contributed by atoms with Crippen molar-refractivity contribution in [2.75, 3.05) is 74.3 Å². The summed E-state index contributed by atoms with van der Waals surface area (Å²) in [5, 5.41) is 14.1. The Labute approximate surface area is 647 Å². The number of benzene rings is 2. The molecule has 0 spiro atoms. The molecule has 2 aromatic carbocycles. The molecule has 0 saturated carbocycles. The molecule has 0 aliphatic carbocycles. The number of hydrogen-bond acceptors (Lipinski definition) is 16. The summed E-state index contributed by atoms with van der Waals surface area (Å²) in [5.74, 6) is -12.5. The quantitative estimate of drug-likeness (QED) is 0.0962. The number of sulfonamides is 1. The largest absolute Gasteiger partial charge is 0.373 e. The smallest absolute Gasteiger partial charge is 0.247 e. The monoisotopic (exact) mass is 1550 g/mol. The number of amides is 13. The van der Waals surface area contributed by atoms with Gasteiger partial charge in [-0.15, -0.1) is 0 Å². The van der Waals surface area contributed by atoms with E-state index in [9.17, 15) is 22.8 Å². The van der Waals surface area contributed by atoms with E-state index < -0.39 is 197 Å². The second-order valence-electron chi connectivity index (χ2n) is 32.3. The van der Waals surface area contributed by atoms with Crippen LogP contribution in [0.15, 0.2) is 60.7 Å². The Hall–Kier alpha value is -8.54. The fraction of sp³-hybridized carbons (Fsp3) is 0.684. The van der Waals surface area contributed by atoms with Crippen LogP contribution in [0.5, 0.6) is 0 Å². The summed E-state index contributed by atoms with van der Waals surface area (Å²) in [7, 11) is 2.74. The minimum absolute atomic E-state index is 0.0169. The number of carbonyl (C=O) groups is 13. The number of rotatable bonds is 22. The molecule has 13 amide bonds. The van der Waals surface area contributed by atoms with Crippen molar-refractivity contribution < 1.29 is 75.5 Å². The number of carbonyl (C=O) groups excluding carboxylic acids is 13. The predicted octanol–water partition coefficient (Wildman–Crippen LogP) is 4.20. The van der Waals surface area contributed by atoms with Gasteiger partial charge in [0.05, 0.1) is 31.4 Å². The molecule has 2 heterocycles. The molecule has 10 atom stereocenters. The lowest BCUT2D eigenvalue weighted by Crippen LogP contribution is -2.62. The Bertz CT molecular complexity index is 3530. The molecule has 2 aromatic rings. The Morgan fingerprint density at radius 3 is 1.51 bits per heavy atom. The van der Waals surface area contributed by atoms with Crippen molar-refractivity contribution in [2.24, 2.45) is 29.6 Å². The zero-order chi connectivity index (χ0) is 82.1. The van der Waals surface area contributed by atoms with Gasteiger partial charge in [0.25, 0.3) is 0 Å². The van der Waals surface area contributed by atoms with Gasteiger partial charge in [0.15, 0.2) is 0 Å². The number of nitrogens with one attached hydrogen (secondary N) is 6. The average Bonchev–Trinajstić information content (AvgIpc) is 0.812. The molecule has 0 bridgehead atoms. The molecule has 610 valence electrons. The molecule has 109 heavy (non-hydrogen) atoms. The normalized spacial score (nSPS) is 23.9. The summed E-state index contributed by atoms with van der Waals surface area (Å²) in [6.07, 6.45) is 1.77. The van der Waals surface area contributed by atoms with Gasteiger partial charge >= 0.3 is 0 Å². The first kappa shape index (κ1) is 92.8. The van der Waals surface area contributed by atoms with E-state index in [0.29, 0.717) is 49.9 Å². The lowest BCUT2D eigenvalue weighted by atomic mass is 9.97. The molecule has 2 fully saturated rings. The van der Waals surface area contributed by atoms with Gasteiger partial charge in [-0.3, -0.25) is 67.1 Å². The number of likely N-dealkylation sites (N-methyl/N-ethyl adjacent to an activating group) is 5. The van der Waals surface area contributed by atoms with E-state index >= 15 is 47.9 Å². The number of nitrogens with zero attached hydrogens (tertiary/aromatic N) is 7. The molecule has 0 radical (unpaired) electrons. The zero-order valence-corrected chi connectivity index (χ0v) is 69.0. The van der Waals surface area contributed by atoms with Crippen molar-refractivity contribution in [3.05, 3.63) is 71.8 Å². The molecular formula is C79H127N13O16S. The summed E-state index contributed by atoms with van der Waals surface area (Å²) in [4.78, 5) is 205. The summed E-state index contributed by atoms with van der Waals surface area (Å²) in [6.45, 7) is 24.5. The van der Waals surface area contributed by atoms with Crippen molar-refractivity contribution in [3.8, 4) is 0 Å². The number of likely N-dealkylation sites (tertiary alicyclic amines) is 1. The molecule has 30 heteroatoms. The van der Waals surface area contributed by atoms with Crippen LogP contribution < -0.4 is 31.3 Å². The second-order valence-corrected chi connectivity index (χ2v) is 34.1. The number of hydrogen-bond donors (Lipinski definition) is 6. The molecule has 1 unspecified atom stereocenters. The minimum Gasteiger partial charge on any atom is -0.373 e. The number of unbranched alkanes of at least 4 members (excludes halogenated alkanes) is 1. The molecule has 4 rings (SSSR count). The third-order valence-electron chi connectivity index (χ3n) is 19.6. The lowest BCUT2D eigenvalue weighted by Gasteiger charge is -2.38. The van der Waals surface area contributed by atoms with Crippen LogP contribution in [-0.2, 0) is 89.9 Å². The van der Waals surface area contributed by atoms with Crippen LogP contribution in [0, 0.1) is 29.6 Å². The summed E-state index contributed by atoms with van der Waals surface area (Å²) >= 11 is 0. The van der Waals surface area contributed by atoms with Gasteiger partial charge in [-0.25, -0.2) is 8.42 Å². The van der Waals surface area contributed by atoms with Crippen LogP contribution in [0.25, 0.3) is 0 Å². The summed E-state index contributed by atoms with van der Waals surface area (Å²) in [5.41, 5.74) is 0.294. The van der Waals surface area contributed by atoms with Crippen molar-refractivity contribution >= 4 is 86.8 Å². The highest BCUT2D eigenvalue weighted by molar-refractivity contribution is 7.89. The molecule has 2 aliphatic heterocycles. The average molecular weight is 1550 g/mol.